The molecule has 3 aromatic rings. The molecule has 8 heteroatoms. The summed E-state index contributed by atoms with van der Waals surface area (Å²) in [6.07, 6.45) is 1.66. The summed E-state index contributed by atoms with van der Waals surface area (Å²) in [6.45, 7) is 2.70. The lowest BCUT2D eigenvalue weighted by molar-refractivity contribution is -0.148. The van der Waals surface area contributed by atoms with Gasteiger partial charge >= 0.3 is 5.97 Å². The van der Waals surface area contributed by atoms with Crippen molar-refractivity contribution < 1.29 is 18.7 Å². The summed E-state index contributed by atoms with van der Waals surface area (Å²) >= 11 is 0. The van der Waals surface area contributed by atoms with Gasteiger partial charge in [-0.15, -0.1) is 0 Å². The molecule has 31 heavy (non-hydrogen) atoms. The molecule has 0 aliphatic rings. The van der Waals surface area contributed by atoms with E-state index in [2.05, 4.69) is 10.6 Å². The van der Waals surface area contributed by atoms with E-state index in [1.807, 2.05) is 30.3 Å². The lowest BCUT2D eigenvalue weighted by Gasteiger charge is -2.15. The van der Waals surface area contributed by atoms with Gasteiger partial charge in [-0.2, -0.15) is 0 Å². The zero-order valence-corrected chi connectivity index (χ0v) is 17.2. The van der Waals surface area contributed by atoms with Crippen LogP contribution in [0, 0.1) is 11.2 Å². The van der Waals surface area contributed by atoms with E-state index in [1.165, 1.54) is 12.1 Å². The smallest absolute Gasteiger partial charge is 0.326 e. The number of hydrogen-bond donors (Lipinski definition) is 3. The number of allylic oxidation sites excluding steroid dienone is 2. The molecule has 0 atom stereocenters. The predicted octanol–water partition coefficient (Wildman–Crippen LogP) is 3.82. The second-order valence-corrected chi connectivity index (χ2v) is 6.97. The SMILES string of the molecule is CC(=N)/C(NC(=O)COC(=O)Cn1ccc2cc(F)ccc21)=C(/C)Nc1ccccc1. The van der Waals surface area contributed by atoms with Gasteiger partial charge in [0.2, 0.25) is 0 Å². The van der Waals surface area contributed by atoms with Crippen LogP contribution >= 0.6 is 0 Å². The van der Waals surface area contributed by atoms with Crippen molar-refractivity contribution in [1.29, 1.82) is 5.41 Å². The van der Waals surface area contributed by atoms with Crippen LogP contribution in [0.3, 0.4) is 0 Å². The van der Waals surface area contributed by atoms with E-state index in [9.17, 15) is 14.0 Å². The van der Waals surface area contributed by atoms with Crippen LogP contribution in [-0.2, 0) is 20.9 Å². The molecule has 3 rings (SSSR count). The summed E-state index contributed by atoms with van der Waals surface area (Å²) in [5, 5.41) is 14.3. The number of hydrogen-bond acceptors (Lipinski definition) is 5. The number of aromatic nitrogens is 1. The Kier molecular flexibility index (Phi) is 6.81. The minimum absolute atomic E-state index is 0.108. The molecule has 0 aliphatic carbocycles. The maximum absolute atomic E-state index is 13.3. The minimum Gasteiger partial charge on any atom is -0.454 e. The molecule has 1 amide bonds. The normalized spacial score (nSPS) is 11.6. The van der Waals surface area contributed by atoms with E-state index in [0.717, 1.165) is 5.69 Å². The van der Waals surface area contributed by atoms with Gasteiger partial charge in [-0.3, -0.25) is 9.59 Å². The Morgan fingerprint density at radius 1 is 1.10 bits per heavy atom. The summed E-state index contributed by atoms with van der Waals surface area (Å²) in [6, 6.07) is 15.3. The molecule has 0 bridgehead atoms. The van der Waals surface area contributed by atoms with Crippen LogP contribution in [0.25, 0.3) is 10.9 Å². The van der Waals surface area contributed by atoms with Crippen molar-refractivity contribution in [2.24, 2.45) is 0 Å². The van der Waals surface area contributed by atoms with Crippen molar-refractivity contribution in [2.45, 2.75) is 20.4 Å². The highest BCUT2D eigenvalue weighted by atomic mass is 19.1. The summed E-state index contributed by atoms with van der Waals surface area (Å²) in [5.74, 6) is -1.51. The molecular formula is C23H23FN4O3. The van der Waals surface area contributed by atoms with Crippen LogP contribution in [0.5, 0.6) is 0 Å². The average Bonchev–Trinajstić information content (AvgIpc) is 3.12. The van der Waals surface area contributed by atoms with E-state index in [0.29, 0.717) is 22.3 Å². The van der Waals surface area contributed by atoms with E-state index in [-0.39, 0.29) is 18.1 Å². The first-order chi connectivity index (χ1) is 14.8. The first-order valence-electron chi connectivity index (χ1n) is 9.62. The van der Waals surface area contributed by atoms with Crippen molar-refractivity contribution in [2.75, 3.05) is 11.9 Å². The van der Waals surface area contributed by atoms with Gasteiger partial charge in [0.25, 0.3) is 5.91 Å². The molecule has 0 aliphatic heterocycles. The van der Waals surface area contributed by atoms with Crippen LogP contribution in [0.4, 0.5) is 10.1 Å². The fourth-order valence-electron chi connectivity index (χ4n) is 3.08. The van der Waals surface area contributed by atoms with E-state index in [1.54, 1.807) is 36.7 Å². The van der Waals surface area contributed by atoms with Crippen molar-refractivity contribution in [1.82, 2.24) is 9.88 Å². The molecule has 7 nitrogen and oxygen atoms in total. The van der Waals surface area contributed by atoms with E-state index >= 15 is 0 Å². The summed E-state index contributed by atoms with van der Waals surface area (Å²) in [4.78, 5) is 24.4. The minimum atomic E-state index is -0.604. The van der Waals surface area contributed by atoms with Gasteiger partial charge in [0.1, 0.15) is 12.4 Å². The molecule has 2 aromatic carbocycles. The number of nitrogens with one attached hydrogen (secondary N) is 3. The third-order valence-corrected chi connectivity index (χ3v) is 4.52. The van der Waals surface area contributed by atoms with Gasteiger partial charge in [-0.25, -0.2) is 4.39 Å². The number of para-hydroxylation sites is 1. The van der Waals surface area contributed by atoms with Crippen LogP contribution in [-0.4, -0.2) is 28.8 Å². The maximum atomic E-state index is 13.3. The molecule has 1 aromatic heterocycles. The Labute approximate surface area is 179 Å². The Morgan fingerprint density at radius 3 is 2.55 bits per heavy atom. The first-order valence-corrected chi connectivity index (χ1v) is 9.62. The number of fused-ring (bicyclic) bond motifs is 1. The first kappa shape index (κ1) is 21.8. The fourth-order valence-corrected chi connectivity index (χ4v) is 3.08. The van der Waals surface area contributed by atoms with Gasteiger partial charge < -0.3 is 25.3 Å². The number of benzene rings is 2. The molecule has 0 spiro atoms. The second kappa shape index (κ2) is 9.71. The highest BCUT2D eigenvalue weighted by molar-refractivity contribution is 6.00. The van der Waals surface area contributed by atoms with Crippen LogP contribution in [0.1, 0.15) is 13.8 Å². The van der Waals surface area contributed by atoms with Crippen molar-refractivity contribution in [3.05, 3.63) is 78.0 Å². The number of carbonyl (C=O) groups is 2. The zero-order chi connectivity index (χ0) is 22.4. The number of halogens is 1. The monoisotopic (exact) mass is 422 g/mol. The Hall–Kier alpha value is -3.94. The van der Waals surface area contributed by atoms with Gasteiger partial charge in [-0.1, -0.05) is 18.2 Å². The molecule has 1 heterocycles. The Balaban J connectivity index is 1.57. The molecular weight excluding hydrogens is 399 g/mol. The van der Waals surface area contributed by atoms with E-state index < -0.39 is 18.5 Å². The molecule has 0 unspecified atom stereocenters. The molecule has 3 N–H and O–H groups in total. The van der Waals surface area contributed by atoms with Gasteiger partial charge in [0.15, 0.2) is 6.61 Å². The molecule has 0 fully saturated rings. The quantitative estimate of drug-likeness (QED) is 0.380. The molecule has 0 radical (unpaired) electrons. The van der Waals surface area contributed by atoms with Crippen molar-refractivity contribution in [3.8, 4) is 0 Å². The van der Waals surface area contributed by atoms with Gasteiger partial charge in [-0.05, 0) is 50.2 Å². The summed E-state index contributed by atoms with van der Waals surface area (Å²) in [5.41, 5.74) is 2.56. The Morgan fingerprint density at radius 2 is 1.84 bits per heavy atom. The number of esters is 1. The van der Waals surface area contributed by atoms with Gasteiger partial charge in [0.05, 0.1) is 11.4 Å². The van der Waals surface area contributed by atoms with Crippen molar-refractivity contribution >= 4 is 34.2 Å². The molecule has 0 saturated carbocycles. The van der Waals surface area contributed by atoms with Crippen molar-refractivity contribution in [3.63, 3.8) is 0 Å². The standard InChI is InChI=1S/C23H23FN4O3/c1-15(25)23(16(2)26-19-6-4-3-5-7-19)27-21(29)14-31-22(30)13-28-11-10-17-12-18(24)8-9-20(17)28/h3-12,25-26H,13-14H2,1-2H3,(H,27,29)/b23-16+,25-15?. The summed E-state index contributed by atoms with van der Waals surface area (Å²) < 4.78 is 20.0. The lowest BCUT2D eigenvalue weighted by atomic mass is 10.2. The largest absolute Gasteiger partial charge is 0.454 e. The number of amides is 1. The van der Waals surface area contributed by atoms with Crippen LogP contribution < -0.4 is 10.6 Å². The average molecular weight is 422 g/mol. The predicted molar refractivity (Wildman–Crippen MR) is 117 cm³/mol. The third-order valence-electron chi connectivity index (χ3n) is 4.52. The Bertz CT molecular complexity index is 1150. The third kappa shape index (κ3) is 5.79. The van der Waals surface area contributed by atoms with Crippen LogP contribution in [0.2, 0.25) is 0 Å². The highest BCUT2D eigenvalue weighted by Crippen LogP contribution is 2.17. The maximum Gasteiger partial charge on any atom is 0.326 e. The lowest BCUT2D eigenvalue weighted by Crippen LogP contribution is -2.32. The topological polar surface area (TPSA) is 96.2 Å². The highest BCUT2D eigenvalue weighted by Gasteiger charge is 2.14. The number of rotatable bonds is 8. The number of anilines is 1. The second-order valence-electron chi connectivity index (χ2n) is 6.97. The van der Waals surface area contributed by atoms with Gasteiger partial charge in [0, 0.05) is 28.5 Å². The summed E-state index contributed by atoms with van der Waals surface area (Å²) in [7, 11) is 0. The van der Waals surface area contributed by atoms with Crippen LogP contribution in [0.15, 0.2) is 72.2 Å². The number of carbonyl (C=O) groups excluding carboxylic acids is 2. The van der Waals surface area contributed by atoms with E-state index in [4.69, 9.17) is 10.1 Å². The number of nitrogens with zero attached hydrogens (tertiary/aromatic N) is 1. The molecule has 0 saturated heterocycles. The number of ether oxygens (including phenoxy) is 1. The zero-order valence-electron chi connectivity index (χ0n) is 17.2. The molecule has 160 valence electrons. The fraction of sp³-hybridized carbons (Fsp3) is 0.174.